The van der Waals surface area contributed by atoms with Crippen LogP contribution in [0.25, 0.3) is 39.1 Å². The molecule has 1 fully saturated rings. The fourth-order valence-electron chi connectivity index (χ4n) is 11.2. The van der Waals surface area contributed by atoms with Crippen molar-refractivity contribution in [1.29, 1.82) is 0 Å². The predicted octanol–water partition coefficient (Wildman–Crippen LogP) is 12.5. The highest BCUT2D eigenvalue weighted by atomic mass is 16.5. The van der Waals surface area contributed by atoms with E-state index < -0.39 is 5.60 Å². The number of aryl methyl sites for hydroxylation is 1. The van der Waals surface area contributed by atoms with E-state index in [9.17, 15) is 4.79 Å². The summed E-state index contributed by atoms with van der Waals surface area (Å²) in [7, 11) is 5.06. The number of hydrogen-bond acceptors (Lipinski definition) is 5. The van der Waals surface area contributed by atoms with Crippen LogP contribution in [-0.2, 0) is 11.0 Å². The number of fused-ring (bicyclic) bond motifs is 10. The Morgan fingerprint density at radius 2 is 1.30 bits per heavy atom. The van der Waals surface area contributed by atoms with Crippen molar-refractivity contribution < 1.29 is 23.7 Å². The van der Waals surface area contributed by atoms with Crippen LogP contribution in [0.3, 0.4) is 0 Å². The van der Waals surface area contributed by atoms with Crippen LogP contribution in [0.1, 0.15) is 90.7 Å². The molecular weight excluding hydrogens is 705 g/mol. The maximum Gasteiger partial charge on any atom is 0.178 e. The van der Waals surface area contributed by atoms with Gasteiger partial charge in [0.1, 0.15) is 29.3 Å². The highest BCUT2D eigenvalue weighted by molar-refractivity contribution is 6.11. The smallest absolute Gasteiger partial charge is 0.178 e. The molecule has 1 aliphatic heterocycles. The van der Waals surface area contributed by atoms with Gasteiger partial charge in [-0.3, -0.25) is 4.79 Å². The topological polar surface area (TPSA) is 54.0 Å². The van der Waals surface area contributed by atoms with Crippen molar-refractivity contribution in [3.05, 3.63) is 148 Å². The molecule has 0 saturated heterocycles. The van der Waals surface area contributed by atoms with Crippen LogP contribution in [0.15, 0.2) is 109 Å². The molecule has 1 saturated carbocycles. The molecule has 2 aliphatic carbocycles. The zero-order valence-electron chi connectivity index (χ0n) is 34.2. The van der Waals surface area contributed by atoms with Gasteiger partial charge in [0, 0.05) is 44.2 Å². The van der Waals surface area contributed by atoms with E-state index in [2.05, 4.69) is 120 Å². The van der Waals surface area contributed by atoms with Crippen molar-refractivity contribution in [3.63, 3.8) is 0 Å². The highest BCUT2D eigenvalue weighted by Gasteiger charge is 2.55. The van der Waals surface area contributed by atoms with Crippen molar-refractivity contribution in [1.82, 2.24) is 0 Å². The lowest BCUT2D eigenvalue weighted by atomic mass is 9.52. The van der Waals surface area contributed by atoms with Gasteiger partial charge in [-0.15, -0.1) is 0 Å². The Labute approximate surface area is 336 Å². The van der Waals surface area contributed by atoms with E-state index >= 15 is 0 Å². The zero-order valence-corrected chi connectivity index (χ0v) is 34.2. The van der Waals surface area contributed by atoms with Gasteiger partial charge in [-0.25, -0.2) is 0 Å². The van der Waals surface area contributed by atoms with E-state index in [0.717, 1.165) is 81.4 Å². The summed E-state index contributed by atoms with van der Waals surface area (Å²) in [5, 5.41) is 2.07. The van der Waals surface area contributed by atoms with Crippen LogP contribution in [0, 0.1) is 17.8 Å². The molecular formula is C52H50O5. The van der Waals surface area contributed by atoms with Gasteiger partial charge in [0.15, 0.2) is 5.60 Å². The van der Waals surface area contributed by atoms with Gasteiger partial charge >= 0.3 is 0 Å². The Hall–Kier alpha value is -5.81. The lowest BCUT2D eigenvalue weighted by Gasteiger charge is -2.52. The van der Waals surface area contributed by atoms with Crippen LogP contribution >= 0.6 is 0 Å². The summed E-state index contributed by atoms with van der Waals surface area (Å²) in [6.45, 7) is 11.9. The standard InChI is InChI=1S/C52H50O5/c1-32-13-16-34(17-14-32)52(35-18-20-36(54-6)21-19-35)24-23-39-47-46(38-11-9-10-12-43(38)51(47)30-49(2,3)29-50(4,5)31-51)41-27-45(56-8)40(26-42(41)48(39)57-52)37-22-15-33(28-53)25-44(37)55-7/h9-28H,29-31H2,1-8H3. The quantitative estimate of drug-likeness (QED) is 0.152. The number of carbonyl (C=O) groups excluding carboxylic acids is 1. The molecule has 1 spiro atoms. The third-order valence-electron chi connectivity index (χ3n) is 12.7. The minimum absolute atomic E-state index is 0.0953. The van der Waals surface area contributed by atoms with Crippen LogP contribution in [0.5, 0.6) is 23.0 Å². The average molecular weight is 755 g/mol. The molecule has 9 rings (SSSR count). The molecule has 288 valence electrons. The summed E-state index contributed by atoms with van der Waals surface area (Å²) in [4.78, 5) is 11.8. The Bertz CT molecular complexity index is 2590. The summed E-state index contributed by atoms with van der Waals surface area (Å²) < 4.78 is 25.6. The lowest BCUT2D eigenvalue weighted by molar-refractivity contribution is 0.0641. The van der Waals surface area contributed by atoms with Gasteiger partial charge < -0.3 is 18.9 Å². The molecule has 5 heteroatoms. The first-order valence-corrected chi connectivity index (χ1v) is 19.9. The second-order valence-corrected chi connectivity index (χ2v) is 17.9. The minimum Gasteiger partial charge on any atom is -0.497 e. The number of carbonyl (C=O) groups is 1. The van der Waals surface area contributed by atoms with Crippen molar-refractivity contribution in [2.75, 3.05) is 21.3 Å². The second-order valence-electron chi connectivity index (χ2n) is 17.9. The molecule has 0 amide bonds. The molecule has 6 aromatic carbocycles. The normalized spacial score (nSPS) is 19.3. The molecule has 57 heavy (non-hydrogen) atoms. The van der Waals surface area contributed by atoms with Crippen molar-refractivity contribution in [3.8, 4) is 45.3 Å². The molecule has 0 bridgehead atoms. The first kappa shape index (κ1) is 36.8. The van der Waals surface area contributed by atoms with Gasteiger partial charge in [0.2, 0.25) is 0 Å². The van der Waals surface area contributed by atoms with Crippen molar-refractivity contribution in [2.24, 2.45) is 10.8 Å². The van der Waals surface area contributed by atoms with Gasteiger partial charge in [0.05, 0.1) is 21.3 Å². The van der Waals surface area contributed by atoms with Gasteiger partial charge in [-0.1, -0.05) is 106 Å². The molecule has 0 N–H and O–H groups in total. The lowest BCUT2D eigenvalue weighted by Crippen LogP contribution is -2.44. The molecule has 1 unspecified atom stereocenters. The van der Waals surface area contributed by atoms with Crippen LogP contribution < -0.4 is 18.9 Å². The second kappa shape index (κ2) is 13.1. The molecule has 3 aliphatic rings. The first-order valence-electron chi connectivity index (χ1n) is 19.9. The summed E-state index contributed by atoms with van der Waals surface area (Å²) in [5.41, 5.74) is 10.8. The van der Waals surface area contributed by atoms with Crippen molar-refractivity contribution in [2.45, 2.75) is 64.9 Å². The van der Waals surface area contributed by atoms with E-state index in [1.165, 1.54) is 27.8 Å². The van der Waals surface area contributed by atoms with E-state index in [4.69, 9.17) is 18.9 Å². The Morgan fingerprint density at radius 1 is 0.649 bits per heavy atom. The summed E-state index contributed by atoms with van der Waals surface area (Å²) in [5.74, 6) is 2.94. The third kappa shape index (κ3) is 5.68. The first-order chi connectivity index (χ1) is 27.4. The average Bonchev–Trinajstić information content (AvgIpc) is 3.47. The number of methoxy groups -OCH3 is 3. The molecule has 6 aromatic rings. The Balaban J connectivity index is 1.42. The fraction of sp³-hybridized carbons (Fsp3) is 0.288. The summed E-state index contributed by atoms with van der Waals surface area (Å²) >= 11 is 0. The van der Waals surface area contributed by atoms with Crippen LogP contribution in [0.2, 0.25) is 0 Å². The molecule has 1 heterocycles. The highest BCUT2D eigenvalue weighted by Crippen LogP contribution is 2.67. The maximum atomic E-state index is 11.8. The molecule has 5 nitrogen and oxygen atoms in total. The predicted molar refractivity (Wildman–Crippen MR) is 230 cm³/mol. The SMILES string of the molecule is COc1ccc(C2(c3ccc(C)cc3)C=Cc3c4c(c5cc(OC)c(-c6ccc(C=O)cc6OC)cc5c3O2)-c2ccccc2C42CC(C)(C)CC(C)(C)C2)cc1. The van der Waals surface area contributed by atoms with Crippen LogP contribution in [0.4, 0.5) is 0 Å². The monoisotopic (exact) mass is 754 g/mol. The number of hydrogen-bond donors (Lipinski definition) is 0. The summed E-state index contributed by atoms with van der Waals surface area (Å²) in [6, 6.07) is 35.9. The number of benzene rings is 6. The van der Waals surface area contributed by atoms with E-state index in [-0.39, 0.29) is 16.2 Å². The molecule has 0 radical (unpaired) electrons. The Kier molecular flexibility index (Phi) is 8.48. The van der Waals surface area contributed by atoms with Crippen LogP contribution in [-0.4, -0.2) is 27.6 Å². The molecule has 0 aromatic heterocycles. The minimum atomic E-state index is -0.943. The number of rotatable bonds is 7. The molecule has 1 atom stereocenters. The maximum absolute atomic E-state index is 11.8. The zero-order chi connectivity index (χ0) is 39.9. The largest absolute Gasteiger partial charge is 0.497 e. The van der Waals surface area contributed by atoms with Gasteiger partial charge in [-0.2, -0.15) is 0 Å². The fourth-order valence-corrected chi connectivity index (χ4v) is 11.2. The van der Waals surface area contributed by atoms with E-state index in [0.29, 0.717) is 11.3 Å². The third-order valence-corrected chi connectivity index (χ3v) is 12.7. The van der Waals surface area contributed by atoms with Gasteiger partial charge in [-0.05, 0) is 107 Å². The number of ether oxygens (including phenoxy) is 4. The van der Waals surface area contributed by atoms with E-state index in [1.54, 1.807) is 27.4 Å². The van der Waals surface area contributed by atoms with Crippen molar-refractivity contribution >= 4 is 23.1 Å². The van der Waals surface area contributed by atoms with Gasteiger partial charge in [0.25, 0.3) is 0 Å². The summed E-state index contributed by atoms with van der Waals surface area (Å²) in [6.07, 6.45) is 8.67. The Morgan fingerprint density at radius 3 is 1.95 bits per heavy atom. The number of aldehydes is 1. The van der Waals surface area contributed by atoms with E-state index in [1.807, 2.05) is 24.3 Å².